The monoisotopic (exact) mass is 447 g/mol. The van der Waals surface area contributed by atoms with E-state index < -0.39 is 5.82 Å². The van der Waals surface area contributed by atoms with Crippen molar-refractivity contribution in [3.63, 3.8) is 0 Å². The molecule has 0 saturated carbocycles. The van der Waals surface area contributed by atoms with E-state index in [0.717, 1.165) is 39.0 Å². The van der Waals surface area contributed by atoms with Gasteiger partial charge in [0, 0.05) is 11.8 Å². The molecule has 3 heterocycles. The second kappa shape index (κ2) is 8.03. The van der Waals surface area contributed by atoms with Crippen LogP contribution in [0.25, 0.3) is 33.5 Å². The highest BCUT2D eigenvalue weighted by Gasteiger charge is 2.28. The molecule has 0 bridgehead atoms. The predicted molar refractivity (Wildman–Crippen MR) is 124 cm³/mol. The number of aromatic hydroxyl groups is 1. The first-order chi connectivity index (χ1) is 15.8. The number of hydrogen-bond donors (Lipinski definition) is 3. The number of hydrogen-bond acceptors (Lipinski definition) is 4. The molecule has 3 N–H and O–H groups in total. The van der Waals surface area contributed by atoms with E-state index >= 15 is 0 Å². The van der Waals surface area contributed by atoms with Crippen LogP contribution in [0.15, 0.2) is 30.3 Å². The Labute approximate surface area is 190 Å². The number of carbonyl (C=O) groups excluding carboxylic acids is 1. The number of imidazole rings is 1. The SMILES string of the molecule is CCc1cc(O)c(F)cc1-c1ccc2c(-c3nc4c([nH]3)CN(C(=O)CC(C)C)C4)n[nH]c2c1. The van der Waals surface area contributed by atoms with Crippen molar-refractivity contribution >= 4 is 16.8 Å². The van der Waals surface area contributed by atoms with E-state index in [1.807, 2.05) is 43.9 Å². The summed E-state index contributed by atoms with van der Waals surface area (Å²) in [4.78, 5) is 22.3. The number of phenolic OH excluding ortho intramolecular Hbond substituents is 1. The van der Waals surface area contributed by atoms with Crippen LogP contribution in [0.5, 0.6) is 5.75 Å². The van der Waals surface area contributed by atoms with Crippen LogP contribution in [-0.4, -0.2) is 36.1 Å². The molecule has 0 atom stereocenters. The number of benzene rings is 2. The van der Waals surface area contributed by atoms with Gasteiger partial charge < -0.3 is 15.0 Å². The molecule has 7 nitrogen and oxygen atoms in total. The number of fused-ring (bicyclic) bond motifs is 2. The van der Waals surface area contributed by atoms with Crippen molar-refractivity contribution in [2.24, 2.45) is 5.92 Å². The average Bonchev–Trinajstić information content (AvgIpc) is 3.47. The van der Waals surface area contributed by atoms with Crippen molar-refractivity contribution in [1.29, 1.82) is 0 Å². The van der Waals surface area contributed by atoms with Gasteiger partial charge in [0.2, 0.25) is 5.91 Å². The van der Waals surface area contributed by atoms with Crippen molar-refractivity contribution in [2.75, 3.05) is 0 Å². The van der Waals surface area contributed by atoms with E-state index in [1.54, 1.807) is 0 Å². The number of nitrogens with zero attached hydrogens (tertiary/aromatic N) is 3. The maximum absolute atomic E-state index is 14.0. The van der Waals surface area contributed by atoms with Gasteiger partial charge in [-0.05, 0) is 53.3 Å². The van der Waals surface area contributed by atoms with Crippen LogP contribution >= 0.6 is 0 Å². The fourth-order valence-corrected chi connectivity index (χ4v) is 4.44. The lowest BCUT2D eigenvalue weighted by Gasteiger charge is -2.16. The number of nitrogens with one attached hydrogen (secondary N) is 2. The Bertz CT molecular complexity index is 1350. The normalized spacial score (nSPS) is 13.3. The lowest BCUT2D eigenvalue weighted by Crippen LogP contribution is -2.26. The zero-order valence-corrected chi connectivity index (χ0v) is 18.9. The smallest absolute Gasteiger partial charge is 0.223 e. The van der Waals surface area contributed by atoms with Gasteiger partial charge >= 0.3 is 0 Å². The number of aromatic nitrogens is 4. The molecule has 8 heteroatoms. The predicted octanol–water partition coefficient (Wildman–Crippen LogP) is 4.92. The quantitative estimate of drug-likeness (QED) is 0.405. The fourth-order valence-electron chi connectivity index (χ4n) is 4.44. The molecule has 170 valence electrons. The summed E-state index contributed by atoms with van der Waals surface area (Å²) in [5, 5.41) is 18.1. The van der Waals surface area contributed by atoms with Gasteiger partial charge in [-0.1, -0.05) is 26.8 Å². The Morgan fingerprint density at radius 1 is 1.24 bits per heavy atom. The molecule has 33 heavy (non-hydrogen) atoms. The summed E-state index contributed by atoms with van der Waals surface area (Å²) < 4.78 is 14.0. The summed E-state index contributed by atoms with van der Waals surface area (Å²) in [5.74, 6) is 0.161. The first-order valence-electron chi connectivity index (χ1n) is 11.2. The van der Waals surface area contributed by atoms with Gasteiger partial charge in [-0.2, -0.15) is 5.10 Å². The molecule has 4 aromatic rings. The number of H-pyrrole nitrogens is 2. The summed E-state index contributed by atoms with van der Waals surface area (Å²) in [6.07, 6.45) is 1.21. The first kappa shape index (κ1) is 21.2. The van der Waals surface area contributed by atoms with Crippen molar-refractivity contribution in [3.8, 4) is 28.4 Å². The number of halogens is 1. The van der Waals surface area contributed by atoms with Crippen molar-refractivity contribution in [2.45, 2.75) is 46.7 Å². The van der Waals surface area contributed by atoms with Gasteiger partial charge in [0.15, 0.2) is 17.4 Å². The summed E-state index contributed by atoms with van der Waals surface area (Å²) in [6.45, 7) is 7.09. The van der Waals surface area contributed by atoms with Crippen molar-refractivity contribution in [1.82, 2.24) is 25.1 Å². The number of rotatable bonds is 5. The molecule has 1 aliphatic rings. The van der Waals surface area contributed by atoms with Crippen LogP contribution in [0.1, 0.15) is 44.1 Å². The highest BCUT2D eigenvalue weighted by Crippen LogP contribution is 2.34. The third kappa shape index (κ3) is 3.75. The van der Waals surface area contributed by atoms with Gasteiger partial charge in [-0.15, -0.1) is 0 Å². The third-order valence-corrected chi connectivity index (χ3v) is 6.14. The molecule has 0 spiro atoms. The Morgan fingerprint density at radius 2 is 2.06 bits per heavy atom. The van der Waals surface area contributed by atoms with E-state index in [1.165, 1.54) is 12.1 Å². The largest absolute Gasteiger partial charge is 0.505 e. The summed E-state index contributed by atoms with van der Waals surface area (Å²) in [5.41, 5.74) is 5.79. The van der Waals surface area contributed by atoms with Crippen molar-refractivity contribution in [3.05, 3.63) is 53.1 Å². The van der Waals surface area contributed by atoms with Crippen LogP contribution in [0.2, 0.25) is 0 Å². The van der Waals surface area contributed by atoms with Crippen LogP contribution in [0, 0.1) is 11.7 Å². The highest BCUT2D eigenvalue weighted by atomic mass is 19.1. The summed E-state index contributed by atoms with van der Waals surface area (Å²) in [7, 11) is 0. The Balaban J connectivity index is 1.44. The number of carbonyl (C=O) groups is 1. The van der Waals surface area contributed by atoms with Gasteiger partial charge in [0.25, 0.3) is 0 Å². The molecule has 0 aliphatic carbocycles. The Kier molecular flexibility index (Phi) is 5.15. The van der Waals surface area contributed by atoms with Gasteiger partial charge in [-0.3, -0.25) is 9.89 Å². The molecule has 2 aromatic heterocycles. The zero-order valence-electron chi connectivity index (χ0n) is 18.9. The lowest BCUT2D eigenvalue weighted by molar-refractivity contribution is -0.132. The second-order valence-corrected chi connectivity index (χ2v) is 9.01. The molecule has 5 rings (SSSR count). The van der Waals surface area contributed by atoms with Crippen LogP contribution in [-0.2, 0) is 24.3 Å². The Morgan fingerprint density at radius 3 is 2.79 bits per heavy atom. The molecule has 0 unspecified atom stereocenters. The molecule has 0 radical (unpaired) electrons. The van der Waals surface area contributed by atoms with Crippen molar-refractivity contribution < 1.29 is 14.3 Å². The summed E-state index contributed by atoms with van der Waals surface area (Å²) in [6, 6.07) is 8.65. The van der Waals surface area contributed by atoms with E-state index in [9.17, 15) is 14.3 Å². The fraction of sp³-hybridized carbons (Fsp3) is 0.320. The van der Waals surface area contributed by atoms with Gasteiger partial charge in [0.1, 0.15) is 5.69 Å². The standard InChI is InChI=1S/C25H26FN5O2/c1-4-14-9-22(32)18(26)10-17(14)15-5-6-16-19(8-15)29-30-24(16)25-27-20-11-31(12-21(20)28-25)23(33)7-13(2)3/h5-6,8-10,13,32H,4,7,11-12H2,1-3H3,(H,27,28)(H,29,30). The zero-order chi connectivity index (χ0) is 23.3. The minimum Gasteiger partial charge on any atom is -0.505 e. The van der Waals surface area contributed by atoms with E-state index in [0.29, 0.717) is 43.4 Å². The molecular formula is C25H26FN5O2. The minimum atomic E-state index is -0.640. The highest BCUT2D eigenvalue weighted by molar-refractivity contribution is 5.94. The lowest BCUT2D eigenvalue weighted by atomic mass is 9.96. The average molecular weight is 448 g/mol. The Hall–Kier alpha value is -3.68. The third-order valence-electron chi connectivity index (χ3n) is 6.14. The number of phenols is 1. The second-order valence-electron chi connectivity index (χ2n) is 9.01. The van der Waals surface area contributed by atoms with E-state index in [2.05, 4.69) is 15.2 Å². The van der Waals surface area contributed by atoms with Crippen LogP contribution in [0.3, 0.4) is 0 Å². The maximum atomic E-state index is 14.0. The molecule has 2 aromatic carbocycles. The number of aryl methyl sites for hydroxylation is 1. The van der Waals surface area contributed by atoms with Gasteiger partial charge in [-0.25, -0.2) is 9.37 Å². The maximum Gasteiger partial charge on any atom is 0.223 e. The summed E-state index contributed by atoms with van der Waals surface area (Å²) >= 11 is 0. The molecule has 1 amide bonds. The topological polar surface area (TPSA) is 97.9 Å². The molecule has 0 fully saturated rings. The number of amides is 1. The minimum absolute atomic E-state index is 0.146. The van der Waals surface area contributed by atoms with Gasteiger partial charge in [0.05, 0.1) is 30.0 Å². The molecule has 1 aliphatic heterocycles. The molecule has 0 saturated heterocycles. The molecular weight excluding hydrogens is 421 g/mol. The van der Waals surface area contributed by atoms with E-state index in [-0.39, 0.29) is 11.7 Å². The van der Waals surface area contributed by atoms with E-state index in [4.69, 9.17) is 4.98 Å². The first-order valence-corrected chi connectivity index (χ1v) is 11.2. The van der Waals surface area contributed by atoms with Crippen LogP contribution < -0.4 is 0 Å². The number of aromatic amines is 2. The van der Waals surface area contributed by atoms with Crippen LogP contribution in [0.4, 0.5) is 4.39 Å².